The number of allylic oxidation sites excluding steroid dienone is 6. The molecule has 6 unspecified atom stereocenters. The number of aliphatic hydroxyl groups excluding tert-OH is 5. The minimum absolute atomic E-state index is 0.0954. The topological polar surface area (TPSA) is 210 Å². The Bertz CT molecular complexity index is 1330. The molecule has 13 nitrogen and oxygen atoms in total. The van der Waals surface area contributed by atoms with E-state index in [1.165, 1.54) is 128 Å². The first-order valence-corrected chi connectivity index (χ1v) is 28.8. The zero-order valence-corrected chi connectivity index (χ0v) is 43.6. The molecule has 1 aliphatic carbocycles. The number of carbonyl (C=O) groups is 2. The molecule has 0 saturated heterocycles. The monoisotopic (exact) mass is 987 g/mol. The van der Waals surface area contributed by atoms with Gasteiger partial charge < -0.3 is 39.9 Å². The minimum atomic E-state index is -5.13. The summed E-state index contributed by atoms with van der Waals surface area (Å²) >= 11 is 0. The zero-order valence-electron chi connectivity index (χ0n) is 42.7. The van der Waals surface area contributed by atoms with Gasteiger partial charge in [0.05, 0.1) is 6.61 Å². The van der Waals surface area contributed by atoms with Crippen molar-refractivity contribution in [3.63, 3.8) is 0 Å². The lowest BCUT2D eigenvalue weighted by Crippen LogP contribution is -2.64. The molecule has 0 amide bonds. The van der Waals surface area contributed by atoms with Gasteiger partial charge in [0.25, 0.3) is 0 Å². The van der Waals surface area contributed by atoms with Crippen LogP contribution in [0.3, 0.4) is 0 Å². The van der Waals surface area contributed by atoms with E-state index in [1.54, 1.807) is 0 Å². The maximum absolute atomic E-state index is 12.9. The summed E-state index contributed by atoms with van der Waals surface area (Å²) in [7, 11) is -5.13. The fraction of sp³-hybridized carbons (Fsp3) is 0.852. The highest BCUT2D eigenvalue weighted by molar-refractivity contribution is 7.47. The lowest BCUT2D eigenvalue weighted by atomic mass is 9.85. The van der Waals surface area contributed by atoms with Gasteiger partial charge in [-0.3, -0.25) is 18.6 Å². The fourth-order valence-electron chi connectivity index (χ4n) is 8.36. The summed E-state index contributed by atoms with van der Waals surface area (Å²) in [6, 6.07) is 0. The number of esters is 2. The second-order valence-electron chi connectivity index (χ2n) is 19.1. The van der Waals surface area contributed by atoms with Crippen molar-refractivity contribution in [3.05, 3.63) is 36.5 Å². The Balaban J connectivity index is 2.37. The number of ether oxygens (including phenoxy) is 2. The Morgan fingerprint density at radius 1 is 0.456 bits per heavy atom. The number of aliphatic hydroxyl groups is 5. The van der Waals surface area contributed by atoms with Gasteiger partial charge in [0, 0.05) is 12.8 Å². The van der Waals surface area contributed by atoms with Crippen LogP contribution in [0.5, 0.6) is 0 Å². The number of phosphoric ester groups is 1. The maximum atomic E-state index is 12.9. The summed E-state index contributed by atoms with van der Waals surface area (Å²) < 4.78 is 33.7. The third kappa shape index (κ3) is 35.2. The second-order valence-corrected chi connectivity index (χ2v) is 20.5. The first kappa shape index (κ1) is 64.1. The Morgan fingerprint density at radius 2 is 0.794 bits per heavy atom. The molecule has 0 heterocycles. The molecule has 0 aliphatic heterocycles. The SMILES string of the molecule is CCCCC/C=C/C/C=C/C/C=C/CCCCCCC(=O)OC[C@H](COP(=O)(O)OC1C(O)C(O)C(O)[C@H](O)C1O)OC(=O)CCCCCCCCCCCCCCCCCCCCCCCC. The smallest absolute Gasteiger partial charge is 0.462 e. The van der Waals surface area contributed by atoms with Gasteiger partial charge in [-0.2, -0.15) is 0 Å². The van der Waals surface area contributed by atoms with Crippen LogP contribution in [0.4, 0.5) is 0 Å². The van der Waals surface area contributed by atoms with Crippen LogP contribution in [0.25, 0.3) is 0 Å². The van der Waals surface area contributed by atoms with E-state index in [0.29, 0.717) is 12.8 Å². The van der Waals surface area contributed by atoms with Gasteiger partial charge in [-0.1, -0.05) is 211 Å². The molecule has 6 N–H and O–H groups in total. The van der Waals surface area contributed by atoms with Gasteiger partial charge in [0.1, 0.15) is 43.2 Å². The predicted octanol–water partition coefficient (Wildman–Crippen LogP) is 12.1. The molecule has 14 heteroatoms. The van der Waals surface area contributed by atoms with E-state index in [-0.39, 0.29) is 12.8 Å². The van der Waals surface area contributed by atoms with E-state index < -0.39 is 75.7 Å². The number of hydrogen-bond acceptors (Lipinski definition) is 12. The van der Waals surface area contributed by atoms with Crippen LogP contribution in [0.1, 0.15) is 239 Å². The van der Waals surface area contributed by atoms with Gasteiger partial charge in [0.2, 0.25) is 0 Å². The zero-order chi connectivity index (χ0) is 49.9. The molecule has 0 aromatic heterocycles. The van der Waals surface area contributed by atoms with E-state index in [9.17, 15) is 44.6 Å². The molecule has 1 fully saturated rings. The van der Waals surface area contributed by atoms with Crippen LogP contribution in [-0.4, -0.2) is 98.3 Å². The summed E-state index contributed by atoms with van der Waals surface area (Å²) in [6.07, 6.45) is 39.1. The average Bonchev–Trinajstić information content (AvgIpc) is 3.32. The van der Waals surface area contributed by atoms with Crippen LogP contribution < -0.4 is 0 Å². The summed E-state index contributed by atoms with van der Waals surface area (Å²) in [4.78, 5) is 35.9. The minimum Gasteiger partial charge on any atom is -0.462 e. The molecule has 0 spiro atoms. The lowest BCUT2D eigenvalue weighted by molar-refractivity contribution is -0.220. The first-order valence-electron chi connectivity index (χ1n) is 27.3. The van der Waals surface area contributed by atoms with Gasteiger partial charge in [-0.05, 0) is 51.4 Å². The molecule has 1 rings (SSSR count). The summed E-state index contributed by atoms with van der Waals surface area (Å²) in [5.41, 5.74) is 0. The number of rotatable bonds is 46. The number of phosphoric acid groups is 1. The molecule has 0 aromatic carbocycles. The van der Waals surface area contributed by atoms with Gasteiger partial charge in [-0.15, -0.1) is 0 Å². The van der Waals surface area contributed by atoms with Crippen molar-refractivity contribution < 1.29 is 63.1 Å². The van der Waals surface area contributed by atoms with Gasteiger partial charge in [-0.25, -0.2) is 4.57 Å². The second kappa shape index (κ2) is 43.8. The summed E-state index contributed by atoms with van der Waals surface area (Å²) in [5, 5.41) is 50.3. The van der Waals surface area contributed by atoms with E-state index in [0.717, 1.165) is 70.6 Å². The van der Waals surface area contributed by atoms with E-state index >= 15 is 0 Å². The van der Waals surface area contributed by atoms with Crippen LogP contribution in [0.15, 0.2) is 36.5 Å². The quantitative estimate of drug-likeness (QED) is 0.0145. The van der Waals surface area contributed by atoms with E-state index in [1.807, 2.05) is 0 Å². The van der Waals surface area contributed by atoms with Crippen molar-refractivity contribution in [1.82, 2.24) is 0 Å². The average molecular weight is 987 g/mol. The van der Waals surface area contributed by atoms with Crippen molar-refractivity contribution in [2.45, 2.75) is 281 Å². The number of hydrogen-bond donors (Lipinski definition) is 6. The molecule has 8 atom stereocenters. The molecule has 0 aromatic rings. The predicted molar refractivity (Wildman–Crippen MR) is 272 cm³/mol. The van der Waals surface area contributed by atoms with Crippen LogP contribution >= 0.6 is 7.82 Å². The van der Waals surface area contributed by atoms with Crippen LogP contribution in [-0.2, 0) is 32.7 Å². The highest BCUT2D eigenvalue weighted by Crippen LogP contribution is 2.47. The van der Waals surface area contributed by atoms with E-state index in [2.05, 4.69) is 50.3 Å². The van der Waals surface area contributed by atoms with Gasteiger partial charge in [0.15, 0.2) is 6.10 Å². The Morgan fingerprint density at radius 3 is 1.24 bits per heavy atom. The van der Waals surface area contributed by atoms with Gasteiger partial charge >= 0.3 is 19.8 Å². The molecular weight excluding hydrogens is 888 g/mol. The van der Waals surface area contributed by atoms with Crippen molar-refractivity contribution >= 4 is 19.8 Å². The summed E-state index contributed by atoms with van der Waals surface area (Å²) in [5.74, 6) is -1.11. The number of unbranched alkanes of at least 4 members (excludes halogenated alkanes) is 28. The molecule has 0 bridgehead atoms. The van der Waals surface area contributed by atoms with Crippen LogP contribution in [0, 0.1) is 0 Å². The molecular formula is C54H99O13P. The van der Waals surface area contributed by atoms with Crippen molar-refractivity contribution in [1.29, 1.82) is 0 Å². The molecule has 1 saturated carbocycles. The van der Waals surface area contributed by atoms with Crippen molar-refractivity contribution in [2.75, 3.05) is 13.2 Å². The third-order valence-electron chi connectivity index (χ3n) is 12.7. The maximum Gasteiger partial charge on any atom is 0.472 e. The lowest BCUT2D eigenvalue weighted by Gasteiger charge is -2.41. The molecule has 0 radical (unpaired) electrons. The molecule has 68 heavy (non-hydrogen) atoms. The Kier molecular flexibility index (Phi) is 41.3. The summed E-state index contributed by atoms with van der Waals surface area (Å²) in [6.45, 7) is 3.30. The Hall–Kier alpha value is -1.93. The normalized spacial score (nSPS) is 21.2. The van der Waals surface area contributed by atoms with Crippen LogP contribution in [0.2, 0.25) is 0 Å². The third-order valence-corrected chi connectivity index (χ3v) is 13.7. The fourth-order valence-corrected chi connectivity index (χ4v) is 9.33. The number of carbonyl (C=O) groups excluding carboxylic acids is 2. The Labute approximate surface area is 412 Å². The standard InChI is InChI=1S/C54H99O13P/c1-3-5-7-9-11-13-15-17-19-21-22-23-24-25-27-29-31-33-35-37-39-41-43-48(56)66-46(45-65-68(62,63)67-54-52(60)50(58)49(57)51(59)53(54)61)44-64-47(55)42-40-38-36-34-32-30-28-26-20-18-16-14-12-10-8-6-4-2/h12,14,18,20,28,30,46,49-54,57-61H,3-11,13,15-17,19,21-27,29,31-45H2,1-2H3,(H,62,63)/b14-12+,20-18+,30-28+/t46-,49?,50+,51?,52?,53?,54?/m1/s1. The largest absolute Gasteiger partial charge is 0.472 e. The molecule has 398 valence electrons. The van der Waals surface area contributed by atoms with Crippen molar-refractivity contribution in [2.24, 2.45) is 0 Å². The first-order chi connectivity index (χ1) is 32.9. The highest BCUT2D eigenvalue weighted by Gasteiger charge is 2.51. The molecule has 1 aliphatic rings. The highest BCUT2D eigenvalue weighted by atomic mass is 31.2. The van der Waals surface area contributed by atoms with Crippen molar-refractivity contribution in [3.8, 4) is 0 Å². The van der Waals surface area contributed by atoms with E-state index in [4.69, 9.17) is 18.5 Å².